The van der Waals surface area contributed by atoms with E-state index in [2.05, 4.69) is 587 Å². The van der Waals surface area contributed by atoms with Crippen molar-refractivity contribution < 1.29 is 359 Å². The third kappa shape index (κ3) is 42.0. The average Bonchev–Trinajstić information content (AvgIpc) is 1.54. The summed E-state index contributed by atoms with van der Waals surface area (Å²) in [5.41, 5.74) is 26.1. The van der Waals surface area contributed by atoms with Crippen molar-refractivity contribution in [1.29, 1.82) is 0 Å². The molecule has 25 heteroatoms. The van der Waals surface area contributed by atoms with Gasteiger partial charge < -0.3 is 32.9 Å². The Morgan fingerprint density at radius 2 is 0.479 bits per heavy atom. The third-order valence-electron chi connectivity index (χ3n) is 22.9. The van der Waals surface area contributed by atoms with Crippen LogP contribution in [0.15, 0.2) is 495 Å². The van der Waals surface area contributed by atoms with Crippen molar-refractivity contribution in [3.8, 4) is 33.4 Å². The molecule has 0 saturated carbocycles. The maximum Gasteiger partial charge on any atom is 0.171 e. The molecule has 0 amide bonds. The quantitative estimate of drug-likeness (QED) is 0.0489. The molecule has 0 fully saturated rings. The maximum absolute atomic E-state index is 4.50. The van der Waals surface area contributed by atoms with E-state index in [1.165, 1.54) is 116 Å². The molecule has 15 aromatic rings. The van der Waals surface area contributed by atoms with Crippen molar-refractivity contribution in [3.63, 3.8) is 0 Å². The zero-order chi connectivity index (χ0) is 88.7. The second-order valence-corrected chi connectivity index (χ2v) is 52.4. The van der Waals surface area contributed by atoms with Crippen LogP contribution < -0.4 is 46.7 Å². The first kappa shape index (κ1) is 154. The number of aryl methyl sites for hydroxylation is 2. The van der Waals surface area contributed by atoms with E-state index in [4.69, 9.17) is 0 Å². The van der Waals surface area contributed by atoms with Crippen LogP contribution in [-0.4, -0.2) is 65.2 Å². The summed E-state index contributed by atoms with van der Waals surface area (Å²) in [4.78, 5) is 0. The molecule has 16 rings (SSSR count). The van der Waals surface area contributed by atoms with Crippen molar-refractivity contribution in [2.24, 2.45) is 11.8 Å². The van der Waals surface area contributed by atoms with Gasteiger partial charge in [0.05, 0.1) is 0 Å². The Kier molecular flexibility index (Phi) is 86.7. The topological polar surface area (TPSA) is 189 Å². The summed E-state index contributed by atoms with van der Waals surface area (Å²) in [5.74, 6) is 1.18. The molecule has 0 aromatic heterocycles. The molecule has 0 heterocycles. The van der Waals surface area contributed by atoms with Crippen LogP contribution in [0, 0.1) is 290 Å². The molecule has 1 aliphatic carbocycles. The molecule has 0 unspecified atom stereocenters. The van der Waals surface area contributed by atoms with Gasteiger partial charge in [0.2, 0.25) is 0 Å². The molecule has 15 aromatic carbocycles. The Morgan fingerprint density at radius 3 is 0.729 bits per heavy atom. The van der Waals surface area contributed by atoms with Crippen LogP contribution in [0.25, 0.3) is 33.4 Å². The van der Waals surface area contributed by atoms with E-state index in [1.54, 1.807) is 0 Å². The number of hydrogen-bond acceptors (Lipinski definition) is 0. The SMILES string of the molecule is Brc1ccc(-c2ccc(Br)cc2)cc1.Brc1ccc(-c2ccccc2)cc1.C.C=C[Si](C)(C=C)c1ccccc1.C=C[Si](C=C)(c1ccccc1)c1ccccc1.C=C[Si](c1ccccc1)(c1ccccc1)c1ccc2c(c1)C(CC(C)C)(CC(C)C)c1cc(Br)ccc1-2.C=C[Si](c1ccccc1)(c1ccccc1)c1ccccc1.Cc1cc(Br)c(C)cc1Br.O.O.O.O.O.O.[Ac].[Ac].[Ac].[Ac].[Ac].[Ac].[Pd].[Pd].[Pd]. The molecule has 0 aliphatic heterocycles. The van der Waals surface area contributed by atoms with Gasteiger partial charge in [-0.05, 0) is 196 Å². The number of hydrogen-bond donors (Lipinski definition) is 0. The summed E-state index contributed by atoms with van der Waals surface area (Å²) in [6, 6.07) is 140. The predicted octanol–water partition coefficient (Wildman–Crippen LogP) is 24.5. The third-order valence-corrected chi connectivity index (χ3v) is 42.4. The van der Waals surface area contributed by atoms with E-state index >= 15 is 0 Å². The number of halogens is 6. The minimum Gasteiger partial charge on any atom is -0.412 e. The Hall–Kier alpha value is 0.884. The fraction of sp³-hybridized carbons (Fsp3) is 0.113. The van der Waals surface area contributed by atoms with Crippen LogP contribution in [0.3, 0.4) is 0 Å². The standard InChI is InChI=1S/C35H37BrSi.C20H18Si.C16H16Si.C12H8Br2.C12H9Br.C11H14Si.C8H8Br2.CH4.6Ac.6H2O.3Pd/c1-6-37(28-13-9-7-10-14-28,29-15-11-8-12-16-29)30-18-20-32-31-19-17-27(36)21-33(31)35(23-25(2)3,24-26(4)5)34(32)22-30;1-2-21(18-12-6-3-7-13-18,19-14-8-4-9-15-19)20-16-10-5-11-17-20;1-3-17(4-2,15-11-7-5-8-12-15)16-13-9-6-10-14-16;13-11-5-1-9(2-6-11)10-3-7-12(14)8-4-10;13-12-8-6-11(7-9-12)10-4-2-1-3-5-10;1-4-12(3,5-2)11-9-7-6-8-10-11;1-5-3-8(10)6(2)4-7(5)9;;;;;;;;;;;;;;;;/h6-22,25-26H,1,23-24H2,2-5H3;2-17H,1H2;3-14H,1-2H2;1-8H;1-9H;4-10H,1-2H2,3H3;3-4H,1-2H3;1H4;;;;;;;6*1H2;;;. The van der Waals surface area contributed by atoms with Crippen LogP contribution in [-0.2, 0) is 66.7 Å². The normalized spacial score (nSPS) is 10.2. The minimum atomic E-state index is -2.44. The van der Waals surface area contributed by atoms with Gasteiger partial charge in [-0.15, -0.1) is 39.5 Å². The van der Waals surface area contributed by atoms with E-state index in [9.17, 15) is 0 Å². The fourth-order valence-corrected chi connectivity index (χ4v) is 30.7. The summed E-state index contributed by atoms with van der Waals surface area (Å²) in [6.45, 7) is 40.4. The molecule has 728 valence electrons. The monoisotopic (exact) mass is 3870 g/mol. The Labute approximate surface area is 1150 Å². The van der Waals surface area contributed by atoms with E-state index in [0.29, 0.717) is 11.8 Å². The van der Waals surface area contributed by atoms with Gasteiger partial charge >= 0.3 is 0 Å². The number of fused-ring (bicyclic) bond motifs is 3. The van der Waals surface area contributed by atoms with Gasteiger partial charge in [-0.25, -0.2) is 0 Å². The van der Waals surface area contributed by atoms with Gasteiger partial charge in [-0.1, -0.05) is 510 Å². The summed E-state index contributed by atoms with van der Waals surface area (Å²) in [5, 5.41) is 12.3. The molecule has 6 radical (unpaired) electrons. The molecule has 0 bridgehead atoms. The molecule has 6 nitrogen and oxygen atoms in total. The summed E-state index contributed by atoms with van der Waals surface area (Å²) < 4.78 is 6.85. The molecule has 140 heavy (non-hydrogen) atoms. The Morgan fingerprint density at radius 1 is 0.257 bits per heavy atom. The van der Waals surface area contributed by atoms with Crippen molar-refractivity contribution in [2.45, 2.75) is 73.8 Å². The van der Waals surface area contributed by atoms with E-state index in [1.807, 2.05) is 24.3 Å². The zero-order valence-corrected chi connectivity index (χ0v) is 126. The van der Waals surface area contributed by atoms with Gasteiger partial charge in [0.25, 0.3) is 0 Å². The molecule has 0 saturated heterocycles. The van der Waals surface area contributed by atoms with Crippen molar-refractivity contribution in [1.82, 2.24) is 0 Å². The molecule has 0 atom stereocenters. The van der Waals surface area contributed by atoms with Crippen LogP contribution in [0.5, 0.6) is 0 Å². The first-order valence-corrected chi connectivity index (χ1v) is 55.7. The van der Waals surface area contributed by atoms with Crippen molar-refractivity contribution >= 4 is 175 Å². The Bertz CT molecular complexity index is 5670. The number of benzene rings is 15. The van der Waals surface area contributed by atoms with Crippen LogP contribution >= 0.6 is 95.6 Å². The van der Waals surface area contributed by atoms with Gasteiger partial charge in [-0.2, -0.15) is 0 Å². The van der Waals surface area contributed by atoms with Crippen LogP contribution in [0.4, 0.5) is 0 Å². The van der Waals surface area contributed by atoms with Gasteiger partial charge in [0, 0.05) is 358 Å². The summed E-state index contributed by atoms with van der Waals surface area (Å²) in [7, 11) is -8.09. The molecular formula is C115H126Ac6Br6O6Pd3Si4. The second kappa shape index (κ2) is 78.9. The number of rotatable bonds is 21. The fourth-order valence-electron chi connectivity index (χ4n) is 16.4. The molecular weight excluding hydrogens is 3750 g/mol. The average molecular weight is 3880 g/mol. The van der Waals surface area contributed by atoms with E-state index in [-0.39, 0.29) is 371 Å². The van der Waals surface area contributed by atoms with Crippen molar-refractivity contribution in [2.75, 3.05) is 0 Å². The zero-order valence-electron chi connectivity index (χ0n) is 79.5. The van der Waals surface area contributed by atoms with Gasteiger partial charge in [0.1, 0.15) is 8.07 Å². The predicted molar refractivity (Wildman–Crippen MR) is 604 cm³/mol. The first-order valence-electron chi connectivity index (χ1n) is 41.9. The first-order chi connectivity index (χ1) is 60.0. The molecule has 12 N–H and O–H groups in total. The molecule has 1 aliphatic rings. The summed E-state index contributed by atoms with van der Waals surface area (Å²) in [6.07, 6.45) is 2.29. The Balaban J connectivity index is -0.000000303. The van der Waals surface area contributed by atoms with E-state index < -0.39 is 32.3 Å². The minimum absolute atomic E-state index is 0. The largest absolute Gasteiger partial charge is 0.412 e. The van der Waals surface area contributed by atoms with Gasteiger partial charge in [0.15, 0.2) is 24.2 Å². The van der Waals surface area contributed by atoms with Crippen molar-refractivity contribution in [3.05, 3.63) is 517 Å². The van der Waals surface area contributed by atoms with Crippen LogP contribution in [0.2, 0.25) is 6.55 Å². The smallest absolute Gasteiger partial charge is 0.171 e. The van der Waals surface area contributed by atoms with E-state index in [0.717, 1.165) is 26.3 Å². The van der Waals surface area contributed by atoms with Gasteiger partial charge in [-0.3, -0.25) is 0 Å². The maximum atomic E-state index is 4.50. The summed E-state index contributed by atoms with van der Waals surface area (Å²) >= 11 is 21.0. The van der Waals surface area contributed by atoms with Crippen LogP contribution in [0.1, 0.15) is 70.2 Å². The molecule has 0 spiro atoms. The second-order valence-electron chi connectivity index (χ2n) is 31.9.